The molecule has 0 spiro atoms. The van der Waals surface area contributed by atoms with Crippen LogP contribution in [0.25, 0.3) is 10.9 Å². The van der Waals surface area contributed by atoms with E-state index in [0.717, 1.165) is 25.3 Å². The zero-order chi connectivity index (χ0) is 16.5. The first-order valence-corrected chi connectivity index (χ1v) is 8.17. The molecule has 3 rings (SSSR count). The monoisotopic (exact) mass is 310 g/mol. The summed E-state index contributed by atoms with van der Waals surface area (Å²) >= 11 is 0. The third kappa shape index (κ3) is 5.15. The molecule has 1 heterocycles. The average Bonchev–Trinajstić information content (AvgIpc) is 3.04. The maximum atomic E-state index is 5.11. The molecule has 3 nitrogen and oxygen atoms in total. The fourth-order valence-electron chi connectivity index (χ4n) is 2.38. The van der Waals surface area contributed by atoms with Crippen LogP contribution in [-0.2, 0) is 13.0 Å². The summed E-state index contributed by atoms with van der Waals surface area (Å²) in [6, 6.07) is 18.7. The summed E-state index contributed by atoms with van der Waals surface area (Å²) in [5.41, 5.74) is 3.81. The lowest BCUT2D eigenvalue weighted by molar-refractivity contribution is 0.414. The lowest BCUT2D eigenvalue weighted by atomic mass is 10.2. The normalized spacial score (nSPS) is 10.2. The zero-order valence-corrected chi connectivity index (χ0v) is 14.2. The number of methoxy groups -OCH3 is 1. The molecule has 0 fully saturated rings. The standard InChI is InChI=1S/C10H15NO.C10H11N/c1-3-11-8-9-5-4-6-10(7-9)12-2;1-2-9-7-8-5-3-4-6-10(8)11-9/h4-7,11H,3,8H2,1-2H3;3-7,11H,2H2,1H3. The number of aromatic amines is 1. The molecule has 2 N–H and O–H groups in total. The molecule has 0 bridgehead atoms. The minimum Gasteiger partial charge on any atom is -0.497 e. The maximum absolute atomic E-state index is 5.11. The van der Waals surface area contributed by atoms with Crippen molar-refractivity contribution in [2.75, 3.05) is 13.7 Å². The Bertz CT molecular complexity index is 685. The molecule has 0 aliphatic rings. The molecular weight excluding hydrogens is 284 g/mol. The summed E-state index contributed by atoms with van der Waals surface area (Å²) in [4.78, 5) is 3.35. The van der Waals surface area contributed by atoms with E-state index < -0.39 is 0 Å². The van der Waals surface area contributed by atoms with Crippen molar-refractivity contribution in [1.29, 1.82) is 0 Å². The lowest BCUT2D eigenvalue weighted by Gasteiger charge is -2.04. The predicted octanol–water partition coefficient (Wildman–Crippen LogP) is 4.54. The Kier molecular flexibility index (Phi) is 6.70. The molecule has 0 aliphatic carbocycles. The largest absolute Gasteiger partial charge is 0.497 e. The first kappa shape index (κ1) is 17.1. The van der Waals surface area contributed by atoms with Crippen molar-refractivity contribution in [2.45, 2.75) is 26.8 Å². The molecule has 0 unspecified atom stereocenters. The van der Waals surface area contributed by atoms with Crippen molar-refractivity contribution in [3.05, 3.63) is 65.9 Å². The fraction of sp³-hybridized carbons (Fsp3) is 0.300. The first-order chi connectivity index (χ1) is 11.3. The molecule has 0 amide bonds. The third-order valence-electron chi connectivity index (χ3n) is 3.68. The number of H-pyrrole nitrogens is 1. The van der Waals surface area contributed by atoms with E-state index in [9.17, 15) is 0 Å². The predicted molar refractivity (Wildman–Crippen MR) is 98.1 cm³/mol. The van der Waals surface area contributed by atoms with Gasteiger partial charge in [0.1, 0.15) is 5.75 Å². The third-order valence-corrected chi connectivity index (χ3v) is 3.68. The van der Waals surface area contributed by atoms with Gasteiger partial charge in [-0.05, 0) is 48.2 Å². The number of hydrogen-bond donors (Lipinski definition) is 2. The van der Waals surface area contributed by atoms with E-state index in [1.807, 2.05) is 18.2 Å². The average molecular weight is 310 g/mol. The van der Waals surface area contributed by atoms with Crippen molar-refractivity contribution < 1.29 is 4.74 Å². The van der Waals surface area contributed by atoms with Crippen LogP contribution in [0.3, 0.4) is 0 Å². The van der Waals surface area contributed by atoms with Crippen molar-refractivity contribution >= 4 is 10.9 Å². The van der Waals surface area contributed by atoms with E-state index in [0.29, 0.717) is 0 Å². The highest BCUT2D eigenvalue weighted by Gasteiger charge is 1.95. The number of para-hydroxylation sites is 1. The molecule has 0 aliphatic heterocycles. The number of hydrogen-bond acceptors (Lipinski definition) is 2. The quantitative estimate of drug-likeness (QED) is 0.726. The highest BCUT2D eigenvalue weighted by atomic mass is 16.5. The van der Waals surface area contributed by atoms with E-state index >= 15 is 0 Å². The van der Waals surface area contributed by atoms with E-state index in [1.54, 1.807) is 7.11 Å². The van der Waals surface area contributed by atoms with Gasteiger partial charge < -0.3 is 15.0 Å². The minimum absolute atomic E-state index is 0.910. The number of fused-ring (bicyclic) bond motifs is 1. The SMILES string of the molecule is CCNCc1cccc(OC)c1.CCc1cc2ccccc2[nH]1. The van der Waals surface area contributed by atoms with Crippen molar-refractivity contribution in [1.82, 2.24) is 10.3 Å². The Labute approximate surface area is 138 Å². The smallest absolute Gasteiger partial charge is 0.119 e. The van der Waals surface area contributed by atoms with E-state index in [4.69, 9.17) is 4.74 Å². The van der Waals surface area contributed by atoms with Crippen LogP contribution in [0.2, 0.25) is 0 Å². The molecule has 3 heteroatoms. The second kappa shape index (κ2) is 9.01. The molecule has 3 aromatic rings. The number of ether oxygens (including phenoxy) is 1. The lowest BCUT2D eigenvalue weighted by Crippen LogP contribution is -2.11. The van der Waals surface area contributed by atoms with E-state index in [2.05, 4.69) is 60.5 Å². The first-order valence-electron chi connectivity index (χ1n) is 8.17. The summed E-state index contributed by atoms with van der Waals surface area (Å²) < 4.78 is 5.11. The fourth-order valence-corrected chi connectivity index (χ4v) is 2.38. The molecule has 1 aromatic heterocycles. The van der Waals surface area contributed by atoms with Crippen molar-refractivity contribution in [3.63, 3.8) is 0 Å². The highest BCUT2D eigenvalue weighted by molar-refractivity contribution is 5.80. The maximum Gasteiger partial charge on any atom is 0.119 e. The van der Waals surface area contributed by atoms with Crippen LogP contribution in [0.5, 0.6) is 5.75 Å². The number of aryl methyl sites for hydroxylation is 1. The molecule has 122 valence electrons. The van der Waals surface area contributed by atoms with Gasteiger partial charge in [0.2, 0.25) is 0 Å². The summed E-state index contributed by atoms with van der Waals surface area (Å²) in [7, 11) is 1.69. The Morgan fingerprint density at radius 2 is 1.83 bits per heavy atom. The van der Waals surface area contributed by atoms with Crippen LogP contribution in [0, 0.1) is 0 Å². The second-order valence-corrected chi connectivity index (χ2v) is 5.37. The number of nitrogens with one attached hydrogen (secondary N) is 2. The van der Waals surface area contributed by atoms with Crippen molar-refractivity contribution in [2.24, 2.45) is 0 Å². The van der Waals surface area contributed by atoms with Gasteiger partial charge in [-0.15, -0.1) is 0 Å². The Balaban J connectivity index is 0.000000167. The van der Waals surface area contributed by atoms with Gasteiger partial charge in [0.15, 0.2) is 0 Å². The molecule has 23 heavy (non-hydrogen) atoms. The number of aromatic nitrogens is 1. The van der Waals surface area contributed by atoms with Crippen LogP contribution < -0.4 is 10.1 Å². The molecular formula is C20H26N2O. The van der Waals surface area contributed by atoms with Gasteiger partial charge in [0.05, 0.1) is 7.11 Å². The second-order valence-electron chi connectivity index (χ2n) is 5.37. The van der Waals surface area contributed by atoms with E-state index in [-0.39, 0.29) is 0 Å². The summed E-state index contributed by atoms with van der Waals surface area (Å²) in [6.45, 7) is 6.16. The van der Waals surface area contributed by atoms with Crippen LogP contribution in [-0.4, -0.2) is 18.6 Å². The summed E-state index contributed by atoms with van der Waals surface area (Å²) in [6.07, 6.45) is 1.08. The van der Waals surface area contributed by atoms with Crippen molar-refractivity contribution in [3.8, 4) is 5.75 Å². The van der Waals surface area contributed by atoms with Gasteiger partial charge in [0, 0.05) is 17.8 Å². The molecule has 0 saturated carbocycles. The summed E-state index contributed by atoms with van der Waals surface area (Å²) in [5, 5.41) is 4.57. The van der Waals surface area contributed by atoms with Crippen LogP contribution in [0.1, 0.15) is 25.1 Å². The zero-order valence-electron chi connectivity index (χ0n) is 14.2. The van der Waals surface area contributed by atoms with E-state index in [1.165, 1.54) is 22.2 Å². The number of benzene rings is 2. The molecule has 0 radical (unpaired) electrons. The highest BCUT2D eigenvalue weighted by Crippen LogP contribution is 2.14. The van der Waals surface area contributed by atoms with Gasteiger partial charge in [-0.1, -0.05) is 44.2 Å². The minimum atomic E-state index is 0.910. The summed E-state index contributed by atoms with van der Waals surface area (Å²) in [5.74, 6) is 0.922. The Morgan fingerprint density at radius 1 is 1.00 bits per heavy atom. The van der Waals surface area contributed by atoms with Gasteiger partial charge >= 0.3 is 0 Å². The van der Waals surface area contributed by atoms with Gasteiger partial charge in [-0.2, -0.15) is 0 Å². The van der Waals surface area contributed by atoms with Gasteiger partial charge in [-0.25, -0.2) is 0 Å². The molecule has 0 atom stereocenters. The topological polar surface area (TPSA) is 37.0 Å². The van der Waals surface area contributed by atoms with Gasteiger partial charge in [0.25, 0.3) is 0 Å². The van der Waals surface area contributed by atoms with Crippen LogP contribution >= 0.6 is 0 Å². The molecule has 2 aromatic carbocycles. The number of rotatable bonds is 5. The van der Waals surface area contributed by atoms with Crippen LogP contribution in [0.15, 0.2) is 54.6 Å². The Hall–Kier alpha value is -2.26. The molecule has 0 saturated heterocycles. The van der Waals surface area contributed by atoms with Crippen LogP contribution in [0.4, 0.5) is 0 Å². The Morgan fingerprint density at radius 3 is 2.52 bits per heavy atom. The van der Waals surface area contributed by atoms with Gasteiger partial charge in [-0.3, -0.25) is 0 Å².